The number of nitrogens with zero attached hydrogens (tertiary/aromatic N) is 1. The van der Waals surface area contributed by atoms with Crippen molar-refractivity contribution in [1.82, 2.24) is 0 Å². The molecule has 0 spiro atoms. The molecule has 3 heteroatoms. The van der Waals surface area contributed by atoms with Gasteiger partial charge in [0.25, 0.3) is 0 Å². The third kappa shape index (κ3) is 9.01. The number of hydrogen-bond acceptors (Lipinski definition) is 3. The number of hydrogen-bond donors (Lipinski definition) is 0. The van der Waals surface area contributed by atoms with Gasteiger partial charge in [0.1, 0.15) is 0 Å². The third-order valence-corrected chi connectivity index (χ3v) is 3.24. The Hall–Kier alpha value is -1.64. The highest BCUT2D eigenvalue weighted by Gasteiger charge is 2.04. The first kappa shape index (κ1) is 17.4. The van der Waals surface area contributed by atoms with Gasteiger partial charge in [-0.3, -0.25) is 4.99 Å². The summed E-state index contributed by atoms with van der Waals surface area (Å²) in [5, 5.41) is 0. The Labute approximate surface area is 128 Å². The molecular weight excluding hydrogens is 262 g/mol. The average molecular weight is 289 g/mol. The Morgan fingerprint density at radius 1 is 1.10 bits per heavy atom. The first-order valence-corrected chi connectivity index (χ1v) is 8.05. The first-order chi connectivity index (χ1) is 10.3. The molecule has 3 nitrogen and oxygen atoms in total. The lowest BCUT2D eigenvalue weighted by Crippen LogP contribution is -2.06. The number of carbonyl (C=O) groups excluding carboxylic acids is 1. The van der Waals surface area contributed by atoms with Crippen LogP contribution >= 0.6 is 0 Å². The van der Waals surface area contributed by atoms with Crippen molar-refractivity contribution in [2.45, 2.75) is 51.9 Å². The van der Waals surface area contributed by atoms with E-state index in [1.54, 1.807) is 12.1 Å². The van der Waals surface area contributed by atoms with Gasteiger partial charge in [0.2, 0.25) is 0 Å². The van der Waals surface area contributed by atoms with E-state index in [1.165, 1.54) is 32.1 Å². The lowest BCUT2D eigenvalue weighted by Gasteiger charge is -2.03. The molecule has 0 bridgehead atoms. The molecule has 21 heavy (non-hydrogen) atoms. The van der Waals surface area contributed by atoms with Gasteiger partial charge < -0.3 is 4.74 Å². The maximum absolute atomic E-state index is 11.6. The topological polar surface area (TPSA) is 38.7 Å². The van der Waals surface area contributed by atoms with Crippen molar-refractivity contribution in [3.8, 4) is 0 Å². The molecule has 0 atom stereocenters. The minimum atomic E-state index is -0.247. The minimum Gasteiger partial charge on any atom is -0.462 e. The van der Waals surface area contributed by atoms with Crippen molar-refractivity contribution in [3.05, 3.63) is 35.9 Å². The standard InChI is InChI=1S/C18H27NO2/c1-2-3-4-5-9-14-19-15-10-11-16-21-18(20)17-12-7-6-8-13-17/h6-8,12-13,15H,2-5,9-11,14,16H2,1H3. The highest BCUT2D eigenvalue weighted by molar-refractivity contribution is 5.89. The lowest BCUT2D eigenvalue weighted by atomic mass is 10.1. The van der Waals surface area contributed by atoms with Crippen molar-refractivity contribution >= 4 is 12.2 Å². The molecule has 0 heterocycles. The van der Waals surface area contributed by atoms with Gasteiger partial charge in [0, 0.05) is 6.54 Å². The summed E-state index contributed by atoms with van der Waals surface area (Å²) in [5.41, 5.74) is 0.609. The van der Waals surface area contributed by atoms with Crippen LogP contribution in [0.2, 0.25) is 0 Å². The van der Waals surface area contributed by atoms with E-state index in [4.69, 9.17) is 4.74 Å². The van der Waals surface area contributed by atoms with E-state index in [-0.39, 0.29) is 5.97 Å². The Balaban J connectivity index is 1.96. The largest absolute Gasteiger partial charge is 0.462 e. The van der Waals surface area contributed by atoms with Gasteiger partial charge in [0.05, 0.1) is 12.2 Å². The van der Waals surface area contributed by atoms with Crippen molar-refractivity contribution in [2.24, 2.45) is 4.99 Å². The molecule has 0 unspecified atom stereocenters. The highest BCUT2D eigenvalue weighted by atomic mass is 16.5. The summed E-state index contributed by atoms with van der Waals surface area (Å²) in [6.45, 7) is 3.60. The Morgan fingerprint density at radius 3 is 2.62 bits per heavy atom. The summed E-state index contributed by atoms with van der Waals surface area (Å²) in [5.74, 6) is -0.247. The highest BCUT2D eigenvalue weighted by Crippen LogP contribution is 2.03. The smallest absolute Gasteiger partial charge is 0.338 e. The molecular formula is C18H27NO2. The molecule has 0 saturated carbocycles. The zero-order valence-electron chi connectivity index (χ0n) is 13.1. The van der Waals surface area contributed by atoms with Gasteiger partial charge in [-0.1, -0.05) is 50.8 Å². The van der Waals surface area contributed by atoms with Crippen LogP contribution in [0.25, 0.3) is 0 Å². The number of aliphatic imine (C=N–C) groups is 1. The molecule has 1 rings (SSSR count). The van der Waals surface area contributed by atoms with E-state index in [0.717, 1.165) is 19.4 Å². The number of unbranched alkanes of at least 4 members (excludes halogenated alkanes) is 5. The summed E-state index contributed by atoms with van der Waals surface area (Å²) in [6, 6.07) is 9.09. The van der Waals surface area contributed by atoms with E-state index in [1.807, 2.05) is 24.4 Å². The van der Waals surface area contributed by atoms with Crippen LogP contribution in [0.3, 0.4) is 0 Å². The second-order valence-electron chi connectivity index (χ2n) is 5.15. The molecule has 0 aliphatic heterocycles. The van der Waals surface area contributed by atoms with Crippen LogP contribution in [0, 0.1) is 0 Å². The van der Waals surface area contributed by atoms with Crippen LogP contribution in [0.5, 0.6) is 0 Å². The molecule has 0 aromatic heterocycles. The number of benzene rings is 1. The zero-order valence-corrected chi connectivity index (χ0v) is 13.1. The second-order valence-corrected chi connectivity index (χ2v) is 5.15. The molecule has 0 aliphatic rings. The molecule has 0 saturated heterocycles. The summed E-state index contributed by atoms with van der Waals surface area (Å²) >= 11 is 0. The van der Waals surface area contributed by atoms with Gasteiger partial charge in [-0.25, -0.2) is 4.79 Å². The Kier molecular flexibility index (Phi) is 10.1. The molecule has 0 amide bonds. The van der Waals surface area contributed by atoms with Gasteiger partial charge in [-0.2, -0.15) is 0 Å². The molecule has 116 valence electrons. The monoisotopic (exact) mass is 289 g/mol. The maximum Gasteiger partial charge on any atom is 0.338 e. The van der Waals surface area contributed by atoms with Gasteiger partial charge >= 0.3 is 5.97 Å². The third-order valence-electron chi connectivity index (χ3n) is 3.24. The normalized spacial score (nSPS) is 10.9. The molecule has 0 fully saturated rings. The Morgan fingerprint density at radius 2 is 1.86 bits per heavy atom. The van der Waals surface area contributed by atoms with Gasteiger partial charge in [0.15, 0.2) is 0 Å². The zero-order chi connectivity index (χ0) is 15.2. The number of ether oxygens (including phenoxy) is 1. The van der Waals surface area contributed by atoms with E-state index < -0.39 is 0 Å². The van der Waals surface area contributed by atoms with Crippen LogP contribution in [0.4, 0.5) is 0 Å². The van der Waals surface area contributed by atoms with Gasteiger partial charge in [-0.05, 0) is 37.6 Å². The minimum absolute atomic E-state index is 0.247. The van der Waals surface area contributed by atoms with Crippen molar-refractivity contribution in [2.75, 3.05) is 13.2 Å². The van der Waals surface area contributed by atoms with Crippen LogP contribution in [-0.2, 0) is 4.74 Å². The predicted octanol–water partition coefficient (Wildman–Crippen LogP) is 4.66. The molecule has 0 radical (unpaired) electrons. The molecule has 0 aliphatic carbocycles. The summed E-state index contributed by atoms with van der Waals surface area (Å²) in [4.78, 5) is 16.0. The second kappa shape index (κ2) is 12.1. The number of carbonyl (C=O) groups is 1. The van der Waals surface area contributed by atoms with Crippen LogP contribution in [0.15, 0.2) is 35.3 Å². The molecule has 0 N–H and O–H groups in total. The van der Waals surface area contributed by atoms with E-state index in [0.29, 0.717) is 12.2 Å². The number of rotatable bonds is 11. The fourth-order valence-corrected chi connectivity index (χ4v) is 1.99. The predicted molar refractivity (Wildman–Crippen MR) is 88.1 cm³/mol. The van der Waals surface area contributed by atoms with Gasteiger partial charge in [-0.15, -0.1) is 0 Å². The lowest BCUT2D eigenvalue weighted by molar-refractivity contribution is 0.0502. The quantitative estimate of drug-likeness (QED) is 0.337. The fourth-order valence-electron chi connectivity index (χ4n) is 1.99. The fraction of sp³-hybridized carbons (Fsp3) is 0.556. The maximum atomic E-state index is 11.6. The summed E-state index contributed by atoms with van der Waals surface area (Å²) < 4.78 is 5.20. The summed E-state index contributed by atoms with van der Waals surface area (Å²) in [6.07, 6.45) is 10.0. The molecule has 1 aromatic carbocycles. The van der Waals surface area contributed by atoms with E-state index in [9.17, 15) is 4.79 Å². The summed E-state index contributed by atoms with van der Waals surface area (Å²) in [7, 11) is 0. The van der Waals surface area contributed by atoms with E-state index >= 15 is 0 Å². The first-order valence-electron chi connectivity index (χ1n) is 8.05. The van der Waals surface area contributed by atoms with Crippen molar-refractivity contribution < 1.29 is 9.53 Å². The van der Waals surface area contributed by atoms with Crippen LogP contribution in [-0.4, -0.2) is 25.3 Å². The van der Waals surface area contributed by atoms with Crippen molar-refractivity contribution in [3.63, 3.8) is 0 Å². The van der Waals surface area contributed by atoms with E-state index in [2.05, 4.69) is 11.9 Å². The molecule has 1 aromatic rings. The van der Waals surface area contributed by atoms with Crippen LogP contribution in [0.1, 0.15) is 62.2 Å². The van der Waals surface area contributed by atoms with Crippen LogP contribution < -0.4 is 0 Å². The Bertz CT molecular complexity index is 401. The number of esters is 1. The average Bonchev–Trinajstić information content (AvgIpc) is 2.53. The van der Waals surface area contributed by atoms with Crippen molar-refractivity contribution in [1.29, 1.82) is 0 Å². The SMILES string of the molecule is CCCCCCCN=CCCCOC(=O)c1ccccc1.